The standard InChI is InChI=1S/C9H13N5O3/c1-13-5-11-8(14(16)17)9(13)12-6-2-3-7(15)10-4-6/h5-6,12H,2-4H2,1H3,(H,10,15). The number of nitrogens with zero attached hydrogens (tertiary/aromatic N) is 3. The van der Waals surface area contributed by atoms with Gasteiger partial charge < -0.3 is 20.7 Å². The fourth-order valence-electron chi connectivity index (χ4n) is 1.77. The van der Waals surface area contributed by atoms with Crippen molar-refractivity contribution in [2.45, 2.75) is 18.9 Å². The quantitative estimate of drug-likeness (QED) is 0.571. The summed E-state index contributed by atoms with van der Waals surface area (Å²) in [5.74, 6) is 0.197. The maximum absolute atomic E-state index is 11.0. The molecule has 1 aliphatic heterocycles. The minimum Gasteiger partial charge on any atom is -0.360 e. The minimum atomic E-state index is -0.524. The summed E-state index contributed by atoms with van der Waals surface area (Å²) in [5, 5.41) is 16.5. The number of hydrogen-bond donors (Lipinski definition) is 2. The van der Waals surface area contributed by atoms with Gasteiger partial charge in [-0.25, -0.2) is 0 Å². The summed E-state index contributed by atoms with van der Waals surface area (Å²) < 4.78 is 1.56. The van der Waals surface area contributed by atoms with E-state index in [0.717, 1.165) is 0 Å². The summed E-state index contributed by atoms with van der Waals surface area (Å²) in [6, 6.07) is 0.00167. The van der Waals surface area contributed by atoms with E-state index in [0.29, 0.717) is 25.2 Å². The molecule has 2 rings (SSSR count). The molecule has 0 radical (unpaired) electrons. The molecule has 0 aliphatic carbocycles. The number of piperidine rings is 1. The van der Waals surface area contributed by atoms with Gasteiger partial charge in [0.15, 0.2) is 0 Å². The third-order valence-electron chi connectivity index (χ3n) is 2.70. The van der Waals surface area contributed by atoms with Crippen LogP contribution < -0.4 is 10.6 Å². The van der Waals surface area contributed by atoms with Gasteiger partial charge in [0, 0.05) is 26.1 Å². The van der Waals surface area contributed by atoms with Crippen molar-refractivity contribution < 1.29 is 9.72 Å². The lowest BCUT2D eigenvalue weighted by Gasteiger charge is -2.23. The summed E-state index contributed by atoms with van der Waals surface area (Å²) in [6.45, 7) is 0.473. The largest absolute Gasteiger partial charge is 0.406 e. The fraction of sp³-hybridized carbons (Fsp3) is 0.556. The Hall–Kier alpha value is -2.12. The van der Waals surface area contributed by atoms with Crippen molar-refractivity contribution in [3.05, 3.63) is 16.4 Å². The summed E-state index contributed by atoms with van der Waals surface area (Å²) in [7, 11) is 1.68. The van der Waals surface area contributed by atoms with E-state index in [1.54, 1.807) is 11.6 Å². The van der Waals surface area contributed by atoms with Crippen LogP contribution in [0, 0.1) is 10.1 Å². The molecular weight excluding hydrogens is 226 g/mol. The molecule has 0 bridgehead atoms. The van der Waals surface area contributed by atoms with Crippen LogP contribution >= 0.6 is 0 Å². The van der Waals surface area contributed by atoms with Crippen molar-refractivity contribution in [1.82, 2.24) is 14.9 Å². The number of anilines is 1. The number of imidazole rings is 1. The normalized spacial score (nSPS) is 19.8. The molecule has 0 spiro atoms. The first-order valence-corrected chi connectivity index (χ1v) is 5.27. The van der Waals surface area contributed by atoms with Gasteiger partial charge in [-0.1, -0.05) is 0 Å². The zero-order valence-electron chi connectivity index (χ0n) is 9.34. The number of hydrogen-bond acceptors (Lipinski definition) is 5. The van der Waals surface area contributed by atoms with Gasteiger partial charge >= 0.3 is 5.82 Å². The van der Waals surface area contributed by atoms with Gasteiger partial charge in [0.25, 0.3) is 0 Å². The van der Waals surface area contributed by atoms with Crippen molar-refractivity contribution in [3.63, 3.8) is 0 Å². The highest BCUT2D eigenvalue weighted by molar-refractivity contribution is 5.77. The number of aromatic nitrogens is 2. The third-order valence-corrected chi connectivity index (χ3v) is 2.70. The molecule has 1 fully saturated rings. The number of amides is 1. The Labute approximate surface area is 97.2 Å². The van der Waals surface area contributed by atoms with Crippen LogP contribution in [0.5, 0.6) is 0 Å². The summed E-state index contributed by atoms with van der Waals surface area (Å²) >= 11 is 0. The van der Waals surface area contributed by atoms with E-state index in [1.165, 1.54) is 6.33 Å². The highest BCUT2D eigenvalue weighted by Crippen LogP contribution is 2.23. The zero-order chi connectivity index (χ0) is 12.4. The van der Waals surface area contributed by atoms with Gasteiger partial charge in [-0.05, 0) is 16.3 Å². The predicted octanol–water partition coefficient (Wildman–Crippen LogP) is 0.0188. The van der Waals surface area contributed by atoms with Gasteiger partial charge in [0.2, 0.25) is 18.1 Å². The second-order valence-corrected chi connectivity index (χ2v) is 3.97. The number of aryl methyl sites for hydroxylation is 1. The third kappa shape index (κ3) is 2.35. The fourth-order valence-corrected chi connectivity index (χ4v) is 1.77. The minimum absolute atomic E-state index is 0.00167. The van der Waals surface area contributed by atoms with Crippen LogP contribution in [-0.2, 0) is 11.8 Å². The second-order valence-electron chi connectivity index (χ2n) is 3.97. The highest BCUT2D eigenvalue weighted by Gasteiger charge is 2.25. The first kappa shape index (κ1) is 11.4. The van der Waals surface area contributed by atoms with Crippen molar-refractivity contribution >= 4 is 17.5 Å². The smallest absolute Gasteiger partial charge is 0.360 e. The van der Waals surface area contributed by atoms with Gasteiger partial charge in [0.1, 0.15) is 0 Å². The number of carbonyl (C=O) groups is 1. The van der Waals surface area contributed by atoms with Crippen LogP contribution in [0.1, 0.15) is 12.8 Å². The topological polar surface area (TPSA) is 102 Å². The molecule has 1 saturated heterocycles. The van der Waals surface area contributed by atoms with E-state index < -0.39 is 4.92 Å². The van der Waals surface area contributed by atoms with Gasteiger partial charge in [-0.3, -0.25) is 9.36 Å². The van der Waals surface area contributed by atoms with Crippen molar-refractivity contribution in [1.29, 1.82) is 0 Å². The summed E-state index contributed by atoms with van der Waals surface area (Å²) in [6.07, 6.45) is 2.49. The first-order valence-electron chi connectivity index (χ1n) is 5.27. The van der Waals surface area contributed by atoms with Gasteiger partial charge in [-0.15, -0.1) is 0 Å². The van der Waals surface area contributed by atoms with Crippen molar-refractivity contribution in [3.8, 4) is 0 Å². The van der Waals surface area contributed by atoms with E-state index in [1.807, 2.05) is 0 Å². The van der Waals surface area contributed by atoms with Crippen LogP contribution in [0.2, 0.25) is 0 Å². The molecule has 2 heterocycles. The maximum Gasteiger partial charge on any atom is 0.406 e. The molecule has 0 aromatic carbocycles. The van der Waals surface area contributed by atoms with Crippen LogP contribution in [0.3, 0.4) is 0 Å². The molecule has 1 amide bonds. The SMILES string of the molecule is Cn1cnc([N+](=O)[O-])c1NC1CCC(=O)NC1. The monoisotopic (exact) mass is 239 g/mol. The molecule has 92 valence electrons. The second kappa shape index (κ2) is 4.40. The molecule has 1 unspecified atom stereocenters. The number of carbonyl (C=O) groups excluding carboxylic acids is 1. The van der Waals surface area contributed by atoms with E-state index >= 15 is 0 Å². The average molecular weight is 239 g/mol. The van der Waals surface area contributed by atoms with Crippen LogP contribution in [0.4, 0.5) is 11.6 Å². The Morgan fingerprint density at radius 2 is 2.47 bits per heavy atom. The molecule has 0 saturated carbocycles. The lowest BCUT2D eigenvalue weighted by molar-refractivity contribution is -0.388. The molecular formula is C9H13N5O3. The van der Waals surface area contributed by atoms with Gasteiger partial charge in [-0.2, -0.15) is 0 Å². The van der Waals surface area contributed by atoms with E-state index in [9.17, 15) is 14.9 Å². The predicted molar refractivity (Wildman–Crippen MR) is 59.5 cm³/mol. The Morgan fingerprint density at radius 3 is 3.06 bits per heavy atom. The molecule has 1 atom stereocenters. The Bertz CT molecular complexity index is 445. The highest BCUT2D eigenvalue weighted by atomic mass is 16.6. The lowest BCUT2D eigenvalue weighted by atomic mass is 10.1. The van der Waals surface area contributed by atoms with Crippen LogP contribution in [-0.4, -0.2) is 33.0 Å². The molecule has 8 heteroatoms. The van der Waals surface area contributed by atoms with E-state index in [4.69, 9.17) is 0 Å². The first-order chi connectivity index (χ1) is 8.08. The maximum atomic E-state index is 11.0. The number of nitrogens with one attached hydrogen (secondary N) is 2. The van der Waals surface area contributed by atoms with Crippen molar-refractivity contribution in [2.24, 2.45) is 7.05 Å². The number of rotatable bonds is 3. The molecule has 1 aliphatic rings. The van der Waals surface area contributed by atoms with E-state index in [-0.39, 0.29) is 17.8 Å². The number of nitro groups is 1. The van der Waals surface area contributed by atoms with Crippen LogP contribution in [0.15, 0.2) is 6.33 Å². The van der Waals surface area contributed by atoms with Gasteiger partial charge in [0.05, 0.1) is 0 Å². The molecule has 1 aromatic rings. The zero-order valence-corrected chi connectivity index (χ0v) is 9.34. The Balaban J connectivity index is 2.10. The summed E-state index contributed by atoms with van der Waals surface area (Å²) in [4.78, 5) is 24.9. The molecule has 1 aromatic heterocycles. The Kier molecular flexibility index (Phi) is 2.94. The molecule has 8 nitrogen and oxygen atoms in total. The van der Waals surface area contributed by atoms with Crippen molar-refractivity contribution in [2.75, 3.05) is 11.9 Å². The van der Waals surface area contributed by atoms with Crippen LogP contribution in [0.25, 0.3) is 0 Å². The van der Waals surface area contributed by atoms with E-state index in [2.05, 4.69) is 15.6 Å². The summed E-state index contributed by atoms with van der Waals surface area (Å²) in [5.41, 5.74) is 0. The lowest BCUT2D eigenvalue weighted by Crippen LogP contribution is -2.42. The average Bonchev–Trinajstić information content (AvgIpc) is 2.64. The molecule has 17 heavy (non-hydrogen) atoms. The Morgan fingerprint density at radius 1 is 1.71 bits per heavy atom. The molecule has 2 N–H and O–H groups in total.